The van der Waals surface area contributed by atoms with E-state index in [1.807, 2.05) is 48.3 Å². The summed E-state index contributed by atoms with van der Waals surface area (Å²) in [5.74, 6) is 0.772. The molecule has 0 radical (unpaired) electrons. The number of aromatic nitrogens is 1. The van der Waals surface area contributed by atoms with Gasteiger partial charge in [0.2, 0.25) is 0 Å². The summed E-state index contributed by atoms with van der Waals surface area (Å²) in [6.07, 6.45) is 0. The van der Waals surface area contributed by atoms with Crippen LogP contribution in [-0.4, -0.2) is 12.0 Å². The van der Waals surface area contributed by atoms with Crippen molar-refractivity contribution < 1.29 is 0 Å². The number of benzene rings is 1. The Kier molecular flexibility index (Phi) is 3.67. The normalized spacial score (nSPS) is 11.6. The largest absolute Gasteiger partial charge is 0.399 e. The van der Waals surface area contributed by atoms with E-state index >= 15 is 0 Å². The third-order valence-corrected chi connectivity index (χ3v) is 3.18. The Balaban J connectivity index is 2.28. The minimum atomic E-state index is 0.130. The summed E-state index contributed by atoms with van der Waals surface area (Å²) in [4.78, 5) is 6.32. The lowest BCUT2D eigenvalue weighted by atomic mass is 10.1. The van der Waals surface area contributed by atoms with E-state index in [1.165, 1.54) is 0 Å². The van der Waals surface area contributed by atoms with Crippen LogP contribution in [0, 0.1) is 11.3 Å². The number of hydrogen-bond donors (Lipinski definition) is 1. The van der Waals surface area contributed by atoms with Crippen LogP contribution in [0.1, 0.15) is 24.2 Å². The summed E-state index contributed by atoms with van der Waals surface area (Å²) in [6.45, 7) is 2.08. The van der Waals surface area contributed by atoms with Crippen molar-refractivity contribution in [2.24, 2.45) is 0 Å². The summed E-state index contributed by atoms with van der Waals surface area (Å²) in [7, 11) is 1.96. The fourth-order valence-electron chi connectivity index (χ4n) is 1.92. The highest BCUT2D eigenvalue weighted by molar-refractivity contribution is 5.47. The second kappa shape index (κ2) is 5.40. The summed E-state index contributed by atoms with van der Waals surface area (Å²) >= 11 is 0. The van der Waals surface area contributed by atoms with Crippen LogP contribution in [0.15, 0.2) is 42.5 Å². The summed E-state index contributed by atoms with van der Waals surface area (Å²) < 4.78 is 0. The quantitative estimate of drug-likeness (QED) is 0.853. The van der Waals surface area contributed by atoms with E-state index in [0.29, 0.717) is 5.69 Å². The molecule has 96 valence electrons. The molecule has 2 rings (SSSR count). The summed E-state index contributed by atoms with van der Waals surface area (Å²) in [5.41, 5.74) is 8.09. The highest BCUT2D eigenvalue weighted by Crippen LogP contribution is 2.24. The second-order valence-corrected chi connectivity index (χ2v) is 4.45. The number of nitrogens with two attached hydrogens (primary N) is 1. The fraction of sp³-hybridized carbons (Fsp3) is 0.200. The zero-order valence-electron chi connectivity index (χ0n) is 11.0. The molecule has 1 aromatic carbocycles. The van der Waals surface area contributed by atoms with Gasteiger partial charge in [0.25, 0.3) is 0 Å². The van der Waals surface area contributed by atoms with Gasteiger partial charge in [0.05, 0.1) is 6.04 Å². The van der Waals surface area contributed by atoms with Crippen LogP contribution in [0.5, 0.6) is 0 Å². The molecule has 0 aliphatic carbocycles. The molecule has 0 bridgehead atoms. The minimum Gasteiger partial charge on any atom is -0.399 e. The van der Waals surface area contributed by atoms with E-state index < -0.39 is 0 Å². The average molecular weight is 252 g/mol. The van der Waals surface area contributed by atoms with Crippen LogP contribution in [0.4, 0.5) is 11.5 Å². The fourth-order valence-corrected chi connectivity index (χ4v) is 1.92. The average Bonchev–Trinajstić information content (AvgIpc) is 2.45. The Morgan fingerprint density at radius 1 is 1.26 bits per heavy atom. The van der Waals surface area contributed by atoms with Crippen molar-refractivity contribution in [2.75, 3.05) is 17.7 Å². The predicted octanol–water partition coefficient (Wildman–Crippen LogP) is 2.73. The topological polar surface area (TPSA) is 65.9 Å². The summed E-state index contributed by atoms with van der Waals surface area (Å²) in [6, 6.07) is 15.4. The molecule has 0 fully saturated rings. The van der Waals surface area contributed by atoms with Crippen molar-refractivity contribution in [2.45, 2.75) is 13.0 Å². The molecule has 1 atom stereocenters. The Bertz CT molecular complexity index is 616. The lowest BCUT2D eigenvalue weighted by molar-refractivity contribution is 0.728. The molecular weight excluding hydrogens is 236 g/mol. The Hall–Kier alpha value is -2.54. The van der Waals surface area contributed by atoms with Gasteiger partial charge < -0.3 is 10.6 Å². The first-order valence-corrected chi connectivity index (χ1v) is 6.07. The van der Waals surface area contributed by atoms with E-state index in [9.17, 15) is 0 Å². The molecule has 2 N–H and O–H groups in total. The number of hydrogen-bond acceptors (Lipinski definition) is 4. The maximum absolute atomic E-state index is 8.89. The van der Waals surface area contributed by atoms with Crippen molar-refractivity contribution in [3.8, 4) is 6.07 Å². The highest BCUT2D eigenvalue weighted by Gasteiger charge is 2.13. The molecule has 0 aliphatic rings. The lowest BCUT2D eigenvalue weighted by Crippen LogP contribution is -2.22. The number of anilines is 2. The molecule has 1 heterocycles. The second-order valence-electron chi connectivity index (χ2n) is 4.45. The number of pyridine rings is 1. The van der Waals surface area contributed by atoms with Crippen LogP contribution < -0.4 is 10.6 Å². The van der Waals surface area contributed by atoms with Crippen LogP contribution in [0.25, 0.3) is 0 Å². The molecule has 2 aromatic rings. The first-order chi connectivity index (χ1) is 9.11. The van der Waals surface area contributed by atoms with Crippen molar-refractivity contribution in [1.29, 1.82) is 5.26 Å². The van der Waals surface area contributed by atoms with Crippen molar-refractivity contribution in [3.63, 3.8) is 0 Å². The van der Waals surface area contributed by atoms with Gasteiger partial charge in [-0.15, -0.1) is 0 Å². The molecule has 1 aromatic heterocycles. The zero-order chi connectivity index (χ0) is 13.8. The van der Waals surface area contributed by atoms with Crippen LogP contribution >= 0.6 is 0 Å². The smallest absolute Gasteiger partial charge is 0.142 e. The van der Waals surface area contributed by atoms with Crippen LogP contribution in [-0.2, 0) is 0 Å². The minimum absolute atomic E-state index is 0.130. The SMILES string of the molecule is CC(c1cccc(N)c1)N(C)c1cccc(C#N)n1. The van der Waals surface area contributed by atoms with Gasteiger partial charge >= 0.3 is 0 Å². The van der Waals surface area contributed by atoms with Gasteiger partial charge in [-0.3, -0.25) is 0 Å². The standard InChI is InChI=1S/C15H16N4/c1-11(12-5-3-6-13(17)9-12)19(2)15-8-4-7-14(10-16)18-15/h3-9,11H,17H2,1-2H3. The van der Waals surface area contributed by atoms with E-state index in [4.69, 9.17) is 11.0 Å². The van der Waals surface area contributed by atoms with E-state index in [0.717, 1.165) is 17.1 Å². The van der Waals surface area contributed by atoms with E-state index in [-0.39, 0.29) is 6.04 Å². The number of rotatable bonds is 3. The van der Waals surface area contributed by atoms with Crippen molar-refractivity contribution in [1.82, 2.24) is 4.98 Å². The molecular formula is C15H16N4. The number of nitrogens with zero attached hydrogens (tertiary/aromatic N) is 3. The Morgan fingerprint density at radius 3 is 2.68 bits per heavy atom. The molecule has 0 saturated heterocycles. The Morgan fingerprint density at radius 2 is 2.00 bits per heavy atom. The van der Waals surface area contributed by atoms with E-state index in [2.05, 4.69) is 18.0 Å². The third kappa shape index (κ3) is 2.83. The van der Waals surface area contributed by atoms with Crippen LogP contribution in [0.3, 0.4) is 0 Å². The first-order valence-electron chi connectivity index (χ1n) is 6.07. The first kappa shape index (κ1) is 12.9. The lowest BCUT2D eigenvalue weighted by Gasteiger charge is -2.26. The van der Waals surface area contributed by atoms with Gasteiger partial charge in [-0.25, -0.2) is 4.98 Å². The van der Waals surface area contributed by atoms with Gasteiger partial charge in [-0.2, -0.15) is 5.26 Å². The third-order valence-electron chi connectivity index (χ3n) is 3.18. The van der Waals surface area contributed by atoms with Crippen LogP contribution in [0.2, 0.25) is 0 Å². The van der Waals surface area contributed by atoms with Gasteiger partial charge in [0.1, 0.15) is 17.6 Å². The maximum Gasteiger partial charge on any atom is 0.142 e. The van der Waals surface area contributed by atoms with Crippen molar-refractivity contribution >= 4 is 11.5 Å². The van der Waals surface area contributed by atoms with Gasteiger partial charge in [0, 0.05) is 12.7 Å². The molecule has 1 unspecified atom stereocenters. The zero-order valence-corrected chi connectivity index (χ0v) is 11.0. The van der Waals surface area contributed by atoms with Crippen molar-refractivity contribution in [3.05, 3.63) is 53.7 Å². The van der Waals surface area contributed by atoms with E-state index in [1.54, 1.807) is 6.07 Å². The van der Waals surface area contributed by atoms with Gasteiger partial charge in [-0.1, -0.05) is 18.2 Å². The van der Waals surface area contributed by atoms with Gasteiger partial charge in [0.15, 0.2) is 0 Å². The molecule has 4 heteroatoms. The summed E-state index contributed by atoms with van der Waals surface area (Å²) in [5, 5.41) is 8.89. The predicted molar refractivity (Wildman–Crippen MR) is 76.6 cm³/mol. The number of nitrogen functional groups attached to an aromatic ring is 1. The Labute approximate surface area is 113 Å². The molecule has 0 aliphatic heterocycles. The molecule has 0 saturated carbocycles. The molecule has 19 heavy (non-hydrogen) atoms. The molecule has 0 spiro atoms. The number of nitriles is 1. The maximum atomic E-state index is 8.89. The molecule has 4 nitrogen and oxygen atoms in total. The van der Waals surface area contributed by atoms with Gasteiger partial charge in [-0.05, 0) is 36.8 Å². The molecule has 0 amide bonds. The monoisotopic (exact) mass is 252 g/mol. The highest BCUT2D eigenvalue weighted by atomic mass is 15.2.